The van der Waals surface area contributed by atoms with Gasteiger partial charge in [0.2, 0.25) is 15.9 Å². The number of pyridine rings is 1. The molecule has 0 saturated carbocycles. The Bertz CT molecular complexity index is 1010. The van der Waals surface area contributed by atoms with E-state index in [2.05, 4.69) is 21.2 Å². The molecule has 2 heterocycles. The molecule has 2 aromatic rings. The zero-order valence-electron chi connectivity index (χ0n) is 15.3. The van der Waals surface area contributed by atoms with E-state index in [1.807, 2.05) is 0 Å². The fourth-order valence-electron chi connectivity index (χ4n) is 3.15. The zero-order chi connectivity index (χ0) is 20.1. The average molecular weight is 468 g/mol. The predicted molar refractivity (Wildman–Crippen MR) is 111 cm³/mol. The van der Waals surface area contributed by atoms with Crippen molar-refractivity contribution >= 4 is 37.5 Å². The van der Waals surface area contributed by atoms with Gasteiger partial charge in [-0.05, 0) is 53.0 Å². The van der Waals surface area contributed by atoms with E-state index in [0.29, 0.717) is 23.2 Å². The van der Waals surface area contributed by atoms with E-state index >= 15 is 0 Å². The summed E-state index contributed by atoms with van der Waals surface area (Å²) in [5, 5.41) is 2.67. The van der Waals surface area contributed by atoms with Crippen LogP contribution in [0, 0.1) is 0 Å². The van der Waals surface area contributed by atoms with Gasteiger partial charge in [0, 0.05) is 35.5 Å². The molecular formula is C19H22BrN3O4S. The topological polar surface area (TPSA) is 88.5 Å². The minimum Gasteiger partial charge on any atom is -0.324 e. The molecule has 7 nitrogen and oxygen atoms in total. The Morgan fingerprint density at radius 1 is 1.07 bits per heavy atom. The van der Waals surface area contributed by atoms with Crippen LogP contribution >= 0.6 is 15.9 Å². The highest BCUT2D eigenvalue weighted by Gasteiger charge is 2.25. The molecule has 0 bridgehead atoms. The molecule has 0 radical (unpaired) electrons. The minimum absolute atomic E-state index is 0.159. The molecule has 1 aromatic heterocycles. The highest BCUT2D eigenvalue weighted by molar-refractivity contribution is 9.10. The molecule has 1 aliphatic rings. The van der Waals surface area contributed by atoms with Crippen molar-refractivity contribution < 1.29 is 13.2 Å². The molecule has 1 fully saturated rings. The largest absolute Gasteiger partial charge is 0.324 e. The van der Waals surface area contributed by atoms with Crippen LogP contribution in [0.15, 0.2) is 56.8 Å². The average Bonchev–Trinajstić information content (AvgIpc) is 2.95. The smallest absolute Gasteiger partial charge is 0.251 e. The van der Waals surface area contributed by atoms with Gasteiger partial charge in [0.05, 0.1) is 4.90 Å². The number of benzene rings is 1. The molecule has 1 saturated heterocycles. The molecule has 150 valence electrons. The Morgan fingerprint density at radius 3 is 2.50 bits per heavy atom. The van der Waals surface area contributed by atoms with Crippen molar-refractivity contribution in [2.75, 3.05) is 18.4 Å². The van der Waals surface area contributed by atoms with Crippen LogP contribution in [0.5, 0.6) is 0 Å². The van der Waals surface area contributed by atoms with Gasteiger partial charge in [-0.25, -0.2) is 8.42 Å². The van der Waals surface area contributed by atoms with Gasteiger partial charge in [-0.15, -0.1) is 0 Å². The molecule has 0 aliphatic carbocycles. The second kappa shape index (κ2) is 9.02. The van der Waals surface area contributed by atoms with E-state index in [9.17, 15) is 18.0 Å². The van der Waals surface area contributed by atoms with Gasteiger partial charge >= 0.3 is 0 Å². The third kappa shape index (κ3) is 5.09. The number of halogens is 1. The van der Waals surface area contributed by atoms with Crippen molar-refractivity contribution in [2.24, 2.45) is 0 Å². The summed E-state index contributed by atoms with van der Waals surface area (Å²) >= 11 is 3.26. The molecule has 28 heavy (non-hydrogen) atoms. The Hall–Kier alpha value is -1.97. The van der Waals surface area contributed by atoms with E-state index in [1.54, 1.807) is 18.2 Å². The maximum absolute atomic E-state index is 12.9. The highest BCUT2D eigenvalue weighted by Crippen LogP contribution is 2.22. The second-order valence-electron chi connectivity index (χ2n) is 6.71. The molecule has 0 unspecified atom stereocenters. The first-order chi connectivity index (χ1) is 13.4. The van der Waals surface area contributed by atoms with Crippen LogP contribution in [0.2, 0.25) is 0 Å². The van der Waals surface area contributed by atoms with Gasteiger partial charge in [-0.3, -0.25) is 9.59 Å². The molecule has 3 rings (SSSR count). The van der Waals surface area contributed by atoms with Gasteiger partial charge in [0.1, 0.15) is 6.54 Å². The molecule has 1 N–H and O–H groups in total. The number of sulfonamides is 1. The number of nitrogens with zero attached hydrogens (tertiary/aromatic N) is 2. The predicted octanol–water partition coefficient (Wildman–Crippen LogP) is 2.81. The summed E-state index contributed by atoms with van der Waals surface area (Å²) in [5.74, 6) is -0.412. The summed E-state index contributed by atoms with van der Waals surface area (Å²) in [6.07, 6.45) is 5.32. The monoisotopic (exact) mass is 467 g/mol. The van der Waals surface area contributed by atoms with Crippen molar-refractivity contribution in [3.05, 3.63) is 57.4 Å². The Balaban J connectivity index is 1.74. The fourth-order valence-corrected chi connectivity index (χ4v) is 5.09. The van der Waals surface area contributed by atoms with E-state index in [4.69, 9.17) is 0 Å². The molecular weight excluding hydrogens is 446 g/mol. The molecule has 9 heteroatoms. The van der Waals surface area contributed by atoms with Crippen molar-refractivity contribution in [1.82, 2.24) is 8.87 Å². The van der Waals surface area contributed by atoms with Gasteiger partial charge < -0.3 is 9.88 Å². The quantitative estimate of drug-likeness (QED) is 0.731. The van der Waals surface area contributed by atoms with Crippen LogP contribution in [0.25, 0.3) is 0 Å². The standard InChI is InChI=1S/C19H22BrN3O4S/c20-15-8-9-19(25)22(13-15)14-18(24)21-16-6-5-7-17(12-16)28(26,27)23-10-3-1-2-4-11-23/h5-9,12-13H,1-4,10-11,14H2,(H,21,24). The van der Waals surface area contributed by atoms with Crippen molar-refractivity contribution in [1.29, 1.82) is 0 Å². The third-order valence-corrected chi connectivity index (χ3v) is 6.95. The number of rotatable bonds is 5. The number of carbonyl (C=O) groups excluding carboxylic acids is 1. The maximum atomic E-state index is 12.9. The molecule has 1 aliphatic heterocycles. The Kier molecular flexibility index (Phi) is 6.69. The first kappa shape index (κ1) is 20.8. The van der Waals surface area contributed by atoms with Crippen LogP contribution in [-0.4, -0.2) is 36.3 Å². The lowest BCUT2D eigenvalue weighted by Gasteiger charge is -2.20. The van der Waals surface area contributed by atoms with Crippen molar-refractivity contribution in [2.45, 2.75) is 37.1 Å². The summed E-state index contributed by atoms with van der Waals surface area (Å²) in [6.45, 7) is 0.872. The van der Waals surface area contributed by atoms with E-state index < -0.39 is 15.9 Å². The lowest BCUT2D eigenvalue weighted by atomic mass is 10.2. The lowest BCUT2D eigenvalue weighted by Crippen LogP contribution is -2.32. The van der Waals surface area contributed by atoms with Gasteiger partial charge in [-0.2, -0.15) is 4.31 Å². The summed E-state index contributed by atoms with van der Waals surface area (Å²) in [5.41, 5.74) is 0.0831. The number of hydrogen-bond acceptors (Lipinski definition) is 4. The number of aromatic nitrogens is 1. The summed E-state index contributed by atoms with van der Waals surface area (Å²) in [7, 11) is -3.59. The molecule has 0 atom stereocenters. The van der Waals surface area contributed by atoms with Crippen LogP contribution < -0.4 is 10.9 Å². The second-order valence-corrected chi connectivity index (χ2v) is 9.56. The molecule has 1 amide bonds. The van der Waals surface area contributed by atoms with E-state index in [1.165, 1.54) is 33.3 Å². The Labute approximate surface area is 172 Å². The van der Waals surface area contributed by atoms with Gasteiger partial charge in [0.25, 0.3) is 5.56 Å². The van der Waals surface area contributed by atoms with E-state index in [0.717, 1.165) is 25.7 Å². The van der Waals surface area contributed by atoms with Gasteiger partial charge in [-0.1, -0.05) is 18.9 Å². The summed E-state index contributed by atoms with van der Waals surface area (Å²) < 4.78 is 29.3. The van der Waals surface area contributed by atoms with Crippen molar-refractivity contribution in [3.8, 4) is 0 Å². The van der Waals surface area contributed by atoms with Crippen molar-refractivity contribution in [3.63, 3.8) is 0 Å². The minimum atomic E-state index is -3.59. The number of amides is 1. The fraction of sp³-hybridized carbons (Fsp3) is 0.368. The number of anilines is 1. The maximum Gasteiger partial charge on any atom is 0.251 e. The number of hydrogen-bond donors (Lipinski definition) is 1. The van der Waals surface area contributed by atoms with E-state index in [-0.39, 0.29) is 17.0 Å². The SMILES string of the molecule is O=C(Cn1cc(Br)ccc1=O)Nc1cccc(S(=O)(=O)N2CCCCCC2)c1. The molecule has 0 spiro atoms. The Morgan fingerprint density at radius 2 is 1.79 bits per heavy atom. The number of carbonyl (C=O) groups is 1. The first-order valence-electron chi connectivity index (χ1n) is 9.12. The molecule has 1 aromatic carbocycles. The summed E-state index contributed by atoms with van der Waals surface area (Å²) in [4.78, 5) is 24.3. The van der Waals surface area contributed by atoms with Crippen LogP contribution in [0.4, 0.5) is 5.69 Å². The van der Waals surface area contributed by atoms with Crippen LogP contribution in [0.1, 0.15) is 25.7 Å². The number of nitrogens with one attached hydrogen (secondary N) is 1. The third-order valence-electron chi connectivity index (χ3n) is 4.58. The summed E-state index contributed by atoms with van der Waals surface area (Å²) in [6, 6.07) is 9.20. The normalized spacial score (nSPS) is 15.8. The zero-order valence-corrected chi connectivity index (χ0v) is 17.7. The van der Waals surface area contributed by atoms with Gasteiger partial charge in [0.15, 0.2) is 0 Å². The lowest BCUT2D eigenvalue weighted by molar-refractivity contribution is -0.116. The first-order valence-corrected chi connectivity index (χ1v) is 11.4. The van der Waals surface area contributed by atoms with Crippen LogP contribution in [0.3, 0.4) is 0 Å². The highest BCUT2D eigenvalue weighted by atomic mass is 79.9. The van der Waals surface area contributed by atoms with Crippen LogP contribution in [-0.2, 0) is 21.4 Å².